The van der Waals surface area contributed by atoms with Crippen molar-refractivity contribution in [2.75, 3.05) is 7.11 Å². The Bertz CT molecular complexity index is 1120. The third-order valence-corrected chi connectivity index (χ3v) is 4.31. The van der Waals surface area contributed by atoms with E-state index in [4.69, 9.17) is 9.47 Å². The van der Waals surface area contributed by atoms with Crippen molar-refractivity contribution < 1.29 is 23.6 Å². The topological polar surface area (TPSA) is 96.5 Å². The summed E-state index contributed by atoms with van der Waals surface area (Å²) in [6.07, 6.45) is 4.58. The molecule has 0 N–H and O–H groups in total. The fourth-order valence-electron chi connectivity index (χ4n) is 2.80. The van der Waals surface area contributed by atoms with Gasteiger partial charge in [0.25, 0.3) is 0 Å². The molecule has 9 heteroatoms. The van der Waals surface area contributed by atoms with Gasteiger partial charge in [-0.15, -0.1) is 0 Å². The molecular formula is C21H18FN3O5. The number of ether oxygens (including phenoxy) is 2. The van der Waals surface area contributed by atoms with Gasteiger partial charge in [-0.25, -0.2) is 4.39 Å². The van der Waals surface area contributed by atoms with E-state index in [-0.39, 0.29) is 23.8 Å². The van der Waals surface area contributed by atoms with Crippen LogP contribution >= 0.6 is 0 Å². The van der Waals surface area contributed by atoms with Crippen LogP contribution in [0.3, 0.4) is 0 Å². The third-order valence-electron chi connectivity index (χ3n) is 4.31. The standard InChI is InChI=1S/C21H18FN3O5/c1-24-17(9-10-23-24)19(26)7-3-14-4-8-20(29-2)15(11-14)13-30-21-12-16(22)5-6-18(21)25(27)28/h3-12H,13H2,1-2H3/b7-3+. The molecule has 30 heavy (non-hydrogen) atoms. The minimum Gasteiger partial charge on any atom is -0.496 e. The van der Waals surface area contributed by atoms with Crippen LogP contribution in [0.4, 0.5) is 10.1 Å². The number of ketones is 1. The second-order valence-electron chi connectivity index (χ2n) is 6.27. The number of carbonyl (C=O) groups is 1. The zero-order valence-electron chi connectivity index (χ0n) is 16.2. The average molecular weight is 411 g/mol. The summed E-state index contributed by atoms with van der Waals surface area (Å²) in [5.41, 5.74) is 1.37. The van der Waals surface area contributed by atoms with Gasteiger partial charge in [0.05, 0.1) is 12.0 Å². The second-order valence-corrected chi connectivity index (χ2v) is 6.27. The van der Waals surface area contributed by atoms with Crippen LogP contribution in [-0.2, 0) is 13.7 Å². The summed E-state index contributed by atoms with van der Waals surface area (Å²) in [5.74, 6) is -0.550. The summed E-state index contributed by atoms with van der Waals surface area (Å²) in [6, 6.07) is 9.78. The van der Waals surface area contributed by atoms with E-state index in [0.717, 1.165) is 18.2 Å². The number of nitro groups is 1. The highest BCUT2D eigenvalue weighted by atomic mass is 19.1. The van der Waals surface area contributed by atoms with Crippen molar-refractivity contribution in [3.05, 3.63) is 87.5 Å². The van der Waals surface area contributed by atoms with Gasteiger partial charge in [0, 0.05) is 30.9 Å². The van der Waals surface area contributed by atoms with Gasteiger partial charge in [-0.2, -0.15) is 5.10 Å². The van der Waals surface area contributed by atoms with Gasteiger partial charge in [-0.05, 0) is 35.9 Å². The molecule has 0 aliphatic carbocycles. The van der Waals surface area contributed by atoms with Crippen LogP contribution in [0.25, 0.3) is 6.08 Å². The molecular weight excluding hydrogens is 393 g/mol. The minimum atomic E-state index is -0.645. The number of halogens is 1. The quantitative estimate of drug-likeness (QED) is 0.241. The van der Waals surface area contributed by atoms with E-state index < -0.39 is 10.7 Å². The van der Waals surface area contributed by atoms with Gasteiger partial charge >= 0.3 is 5.69 Å². The summed E-state index contributed by atoms with van der Waals surface area (Å²) in [6.45, 7) is -0.0924. The molecule has 3 aromatic rings. The Kier molecular flexibility index (Phi) is 6.21. The molecule has 0 spiro atoms. The number of hydrogen-bond acceptors (Lipinski definition) is 6. The lowest BCUT2D eigenvalue weighted by Crippen LogP contribution is -2.04. The monoisotopic (exact) mass is 411 g/mol. The van der Waals surface area contributed by atoms with Gasteiger partial charge in [0.2, 0.25) is 5.78 Å². The molecule has 0 amide bonds. The summed E-state index contributed by atoms with van der Waals surface area (Å²) >= 11 is 0. The van der Waals surface area contributed by atoms with E-state index in [2.05, 4.69) is 5.10 Å². The molecule has 2 aromatic carbocycles. The highest BCUT2D eigenvalue weighted by Gasteiger charge is 2.17. The van der Waals surface area contributed by atoms with Crippen LogP contribution in [0, 0.1) is 15.9 Å². The maximum atomic E-state index is 13.5. The van der Waals surface area contributed by atoms with Crippen LogP contribution in [0.5, 0.6) is 11.5 Å². The number of benzene rings is 2. The normalized spacial score (nSPS) is 10.9. The summed E-state index contributed by atoms with van der Waals surface area (Å²) in [5, 5.41) is 15.1. The van der Waals surface area contributed by atoms with Crippen molar-refractivity contribution in [3.8, 4) is 11.5 Å². The SMILES string of the molecule is COc1ccc(/C=C/C(=O)c2ccnn2C)cc1COc1cc(F)ccc1[N+](=O)[O-]. The molecule has 8 nitrogen and oxygen atoms in total. The molecule has 0 atom stereocenters. The average Bonchev–Trinajstić information content (AvgIpc) is 3.16. The molecule has 154 valence electrons. The number of nitrogens with zero attached hydrogens (tertiary/aromatic N) is 3. The Morgan fingerprint density at radius 2 is 2.03 bits per heavy atom. The van der Waals surface area contributed by atoms with Gasteiger partial charge < -0.3 is 9.47 Å². The van der Waals surface area contributed by atoms with Crippen molar-refractivity contribution in [3.63, 3.8) is 0 Å². The van der Waals surface area contributed by atoms with Gasteiger partial charge in [0.1, 0.15) is 23.9 Å². The van der Waals surface area contributed by atoms with E-state index in [1.165, 1.54) is 24.1 Å². The number of carbonyl (C=O) groups excluding carboxylic acids is 1. The summed E-state index contributed by atoms with van der Waals surface area (Å²) < 4.78 is 25.8. The molecule has 0 bridgehead atoms. The maximum absolute atomic E-state index is 13.5. The van der Waals surface area contributed by atoms with Crippen LogP contribution in [-0.4, -0.2) is 27.6 Å². The molecule has 0 unspecified atom stereocenters. The molecule has 0 radical (unpaired) electrons. The predicted octanol–water partition coefficient (Wildman–Crippen LogP) is 3.95. The first-order valence-corrected chi connectivity index (χ1v) is 8.83. The van der Waals surface area contributed by atoms with Gasteiger partial charge in [0.15, 0.2) is 5.75 Å². The zero-order valence-corrected chi connectivity index (χ0v) is 16.2. The Morgan fingerprint density at radius 1 is 1.23 bits per heavy atom. The number of aromatic nitrogens is 2. The number of hydrogen-bond donors (Lipinski definition) is 0. The first kappa shape index (κ1) is 20.7. The van der Waals surface area contributed by atoms with Crippen molar-refractivity contribution in [2.24, 2.45) is 7.05 Å². The lowest BCUT2D eigenvalue weighted by atomic mass is 10.1. The van der Waals surface area contributed by atoms with Gasteiger partial charge in [-0.1, -0.05) is 12.1 Å². The Balaban J connectivity index is 1.81. The number of aryl methyl sites for hydroxylation is 1. The fraction of sp³-hybridized carbons (Fsp3) is 0.143. The van der Waals surface area contributed by atoms with E-state index in [0.29, 0.717) is 22.6 Å². The van der Waals surface area contributed by atoms with Crippen molar-refractivity contribution in [1.82, 2.24) is 9.78 Å². The highest BCUT2D eigenvalue weighted by molar-refractivity contribution is 6.05. The predicted molar refractivity (Wildman–Crippen MR) is 107 cm³/mol. The molecule has 0 aliphatic heterocycles. The Morgan fingerprint density at radius 3 is 2.70 bits per heavy atom. The molecule has 1 aromatic heterocycles. The smallest absolute Gasteiger partial charge is 0.311 e. The molecule has 0 saturated heterocycles. The Hall–Kier alpha value is -4.01. The zero-order chi connectivity index (χ0) is 21.7. The van der Waals surface area contributed by atoms with E-state index in [1.807, 2.05) is 0 Å². The number of nitro benzene ring substituents is 1. The van der Waals surface area contributed by atoms with E-state index >= 15 is 0 Å². The lowest BCUT2D eigenvalue weighted by molar-refractivity contribution is -0.386. The molecule has 1 heterocycles. The minimum absolute atomic E-state index is 0.0924. The number of methoxy groups -OCH3 is 1. The van der Waals surface area contributed by atoms with Crippen LogP contribution in [0.2, 0.25) is 0 Å². The molecule has 0 aliphatic rings. The Labute approximate surface area is 171 Å². The fourth-order valence-corrected chi connectivity index (χ4v) is 2.80. The van der Waals surface area contributed by atoms with E-state index in [9.17, 15) is 19.3 Å². The van der Waals surface area contributed by atoms with Crippen LogP contribution in [0.1, 0.15) is 21.6 Å². The van der Waals surface area contributed by atoms with Crippen molar-refractivity contribution in [1.29, 1.82) is 0 Å². The molecule has 3 rings (SSSR count). The first-order valence-electron chi connectivity index (χ1n) is 8.83. The first-order chi connectivity index (χ1) is 14.4. The highest BCUT2D eigenvalue weighted by Crippen LogP contribution is 2.30. The molecule has 0 fully saturated rings. The number of rotatable bonds is 8. The largest absolute Gasteiger partial charge is 0.496 e. The van der Waals surface area contributed by atoms with E-state index in [1.54, 1.807) is 37.4 Å². The third kappa shape index (κ3) is 4.69. The van der Waals surface area contributed by atoms with Crippen LogP contribution in [0.15, 0.2) is 54.7 Å². The maximum Gasteiger partial charge on any atom is 0.311 e. The van der Waals surface area contributed by atoms with Crippen molar-refractivity contribution >= 4 is 17.5 Å². The van der Waals surface area contributed by atoms with Crippen LogP contribution < -0.4 is 9.47 Å². The summed E-state index contributed by atoms with van der Waals surface area (Å²) in [7, 11) is 3.15. The summed E-state index contributed by atoms with van der Waals surface area (Å²) in [4.78, 5) is 22.7. The lowest BCUT2D eigenvalue weighted by Gasteiger charge is -2.11. The molecule has 0 saturated carbocycles. The second kappa shape index (κ2) is 8.99. The van der Waals surface area contributed by atoms with Gasteiger partial charge in [-0.3, -0.25) is 19.6 Å². The number of allylic oxidation sites excluding steroid dienone is 1. The van der Waals surface area contributed by atoms with Crippen molar-refractivity contribution in [2.45, 2.75) is 6.61 Å².